The van der Waals surface area contributed by atoms with Gasteiger partial charge >= 0.3 is 0 Å². The van der Waals surface area contributed by atoms with Crippen LogP contribution in [0, 0.1) is 5.82 Å². The first kappa shape index (κ1) is 10.7. The summed E-state index contributed by atoms with van der Waals surface area (Å²) >= 11 is 8.70. The maximum atomic E-state index is 13.1. The maximum Gasteiger partial charge on any atom is 0.138 e. The molecule has 0 bridgehead atoms. The molecule has 0 aliphatic heterocycles. The van der Waals surface area contributed by atoms with E-state index in [9.17, 15) is 9.18 Å². The highest BCUT2D eigenvalue weighted by molar-refractivity contribution is 9.10. The summed E-state index contributed by atoms with van der Waals surface area (Å²) in [6.07, 6.45) is 0.827. The van der Waals surface area contributed by atoms with Crippen molar-refractivity contribution in [1.29, 1.82) is 0 Å². The van der Waals surface area contributed by atoms with Crippen molar-refractivity contribution in [2.45, 2.75) is 11.8 Å². The molecule has 0 amide bonds. The van der Waals surface area contributed by atoms with E-state index in [4.69, 9.17) is 11.6 Å². The number of hydrogen-bond acceptors (Lipinski definition) is 1. The fourth-order valence-electron chi connectivity index (χ4n) is 0.945. The summed E-state index contributed by atoms with van der Waals surface area (Å²) in [5.74, 6) is -0.345. The predicted octanol–water partition coefficient (Wildman–Crippen LogP) is 2.94. The lowest BCUT2D eigenvalue weighted by Gasteiger charge is -2.03. The molecule has 0 fully saturated rings. The number of carbonyl (C=O) groups excluding carboxylic acids is 1. The normalized spacial score (nSPS) is 12.5. The number of carbonyl (C=O) groups is 1. The molecular formula is C9H7BrClFO. The first-order chi connectivity index (χ1) is 6.13. The third-order valence-electron chi connectivity index (χ3n) is 1.58. The fourth-order valence-corrected chi connectivity index (χ4v) is 1.44. The smallest absolute Gasteiger partial charge is 0.138 e. The molecule has 0 aliphatic rings. The van der Waals surface area contributed by atoms with Crippen LogP contribution >= 0.6 is 27.5 Å². The summed E-state index contributed by atoms with van der Waals surface area (Å²) in [7, 11) is 0. The molecule has 13 heavy (non-hydrogen) atoms. The molecule has 70 valence electrons. The average molecular weight is 266 g/mol. The van der Waals surface area contributed by atoms with Crippen LogP contribution in [0.15, 0.2) is 22.7 Å². The van der Waals surface area contributed by atoms with Crippen LogP contribution in [0.4, 0.5) is 4.39 Å². The number of aldehydes is 1. The molecule has 0 aliphatic carbocycles. The second kappa shape index (κ2) is 4.72. The van der Waals surface area contributed by atoms with Gasteiger partial charge in [-0.25, -0.2) is 4.39 Å². The van der Waals surface area contributed by atoms with Gasteiger partial charge < -0.3 is 4.79 Å². The van der Waals surface area contributed by atoms with Crippen LogP contribution in [-0.4, -0.2) is 11.7 Å². The van der Waals surface area contributed by atoms with Crippen LogP contribution in [0.2, 0.25) is 0 Å². The van der Waals surface area contributed by atoms with Crippen LogP contribution in [0.1, 0.15) is 5.56 Å². The maximum absolute atomic E-state index is 13.1. The first-order valence-electron chi connectivity index (χ1n) is 3.67. The zero-order valence-corrected chi connectivity index (χ0v) is 8.98. The second-order valence-corrected chi connectivity index (χ2v) is 4.07. The van der Waals surface area contributed by atoms with E-state index in [2.05, 4.69) is 15.9 Å². The Labute approximate surface area is 89.0 Å². The summed E-state index contributed by atoms with van der Waals surface area (Å²) in [6, 6.07) is 4.68. The van der Waals surface area contributed by atoms with Crippen LogP contribution in [0.25, 0.3) is 0 Å². The zero-order valence-electron chi connectivity index (χ0n) is 6.64. The van der Waals surface area contributed by atoms with Gasteiger partial charge in [-0.2, -0.15) is 0 Å². The number of rotatable bonds is 3. The molecule has 1 rings (SSSR count). The van der Waals surface area contributed by atoms with Crippen LogP contribution in [0.3, 0.4) is 0 Å². The summed E-state index contributed by atoms with van der Waals surface area (Å²) in [6.45, 7) is 0. The number of hydrogen-bond donors (Lipinski definition) is 0. The lowest BCUT2D eigenvalue weighted by atomic mass is 10.1. The minimum atomic E-state index is -0.657. The Hall–Kier alpha value is -0.410. The van der Waals surface area contributed by atoms with Gasteiger partial charge in [0, 0.05) is 4.47 Å². The van der Waals surface area contributed by atoms with E-state index in [0.717, 1.165) is 0 Å². The third-order valence-corrected chi connectivity index (χ3v) is 2.33. The highest BCUT2D eigenvalue weighted by Crippen LogP contribution is 2.17. The van der Waals surface area contributed by atoms with E-state index < -0.39 is 5.38 Å². The highest BCUT2D eigenvalue weighted by Gasteiger charge is 2.08. The lowest BCUT2D eigenvalue weighted by molar-refractivity contribution is -0.107. The fraction of sp³-hybridized carbons (Fsp3) is 0.222. The van der Waals surface area contributed by atoms with Gasteiger partial charge in [-0.05, 0) is 24.1 Å². The van der Waals surface area contributed by atoms with Gasteiger partial charge in [-0.15, -0.1) is 11.6 Å². The number of alkyl halides is 1. The Morgan fingerprint density at radius 3 is 2.85 bits per heavy atom. The Kier molecular flexibility index (Phi) is 3.88. The minimum Gasteiger partial charge on any atom is -0.302 e. The standard InChI is InChI=1S/C9H7BrClFO/c10-7-2-1-6(9(12)4-7)3-8(11)5-13/h1-2,4-5,8H,3H2. The van der Waals surface area contributed by atoms with Crippen molar-refractivity contribution in [3.8, 4) is 0 Å². The molecule has 0 N–H and O–H groups in total. The summed E-state index contributed by atoms with van der Waals surface area (Å²) in [5, 5.41) is -0.657. The lowest BCUT2D eigenvalue weighted by Crippen LogP contribution is -2.05. The minimum absolute atomic E-state index is 0.226. The van der Waals surface area contributed by atoms with Crippen molar-refractivity contribution in [3.05, 3.63) is 34.1 Å². The SMILES string of the molecule is O=CC(Cl)Cc1ccc(Br)cc1F. The molecule has 1 atom stereocenters. The molecule has 1 aromatic carbocycles. The second-order valence-electron chi connectivity index (χ2n) is 2.59. The van der Waals surface area contributed by atoms with E-state index in [0.29, 0.717) is 16.3 Å². The van der Waals surface area contributed by atoms with Crippen LogP contribution in [-0.2, 0) is 11.2 Å². The van der Waals surface area contributed by atoms with Crippen molar-refractivity contribution in [2.24, 2.45) is 0 Å². The van der Waals surface area contributed by atoms with Gasteiger partial charge in [0.15, 0.2) is 0 Å². The molecule has 1 nitrogen and oxygen atoms in total. The highest BCUT2D eigenvalue weighted by atomic mass is 79.9. The first-order valence-corrected chi connectivity index (χ1v) is 4.89. The Morgan fingerprint density at radius 1 is 1.62 bits per heavy atom. The van der Waals surface area contributed by atoms with Gasteiger partial charge in [-0.3, -0.25) is 0 Å². The monoisotopic (exact) mass is 264 g/mol. The molecule has 0 radical (unpaired) electrons. The largest absolute Gasteiger partial charge is 0.302 e. The summed E-state index contributed by atoms with van der Waals surface area (Å²) in [4.78, 5) is 10.2. The van der Waals surface area contributed by atoms with Crippen molar-refractivity contribution in [2.75, 3.05) is 0 Å². The van der Waals surface area contributed by atoms with Crippen molar-refractivity contribution in [3.63, 3.8) is 0 Å². The topological polar surface area (TPSA) is 17.1 Å². The van der Waals surface area contributed by atoms with Crippen molar-refractivity contribution in [1.82, 2.24) is 0 Å². The van der Waals surface area contributed by atoms with Crippen LogP contribution in [0.5, 0.6) is 0 Å². The molecule has 1 unspecified atom stereocenters. The Bertz CT molecular complexity index is 316. The molecule has 0 heterocycles. The van der Waals surface area contributed by atoms with E-state index in [-0.39, 0.29) is 12.2 Å². The molecule has 0 saturated carbocycles. The van der Waals surface area contributed by atoms with E-state index >= 15 is 0 Å². The van der Waals surface area contributed by atoms with Gasteiger partial charge in [0.1, 0.15) is 12.1 Å². The van der Waals surface area contributed by atoms with Gasteiger partial charge in [-0.1, -0.05) is 22.0 Å². The molecule has 0 spiro atoms. The quantitative estimate of drug-likeness (QED) is 0.607. The molecule has 1 aromatic rings. The molecular weight excluding hydrogens is 258 g/mol. The predicted molar refractivity (Wildman–Crippen MR) is 53.5 cm³/mol. The Morgan fingerprint density at radius 2 is 2.31 bits per heavy atom. The van der Waals surface area contributed by atoms with E-state index in [1.165, 1.54) is 6.07 Å². The van der Waals surface area contributed by atoms with Gasteiger partial charge in [0.05, 0.1) is 5.38 Å². The van der Waals surface area contributed by atoms with E-state index in [1.54, 1.807) is 12.1 Å². The number of benzene rings is 1. The summed E-state index contributed by atoms with van der Waals surface area (Å²) in [5.41, 5.74) is 0.454. The summed E-state index contributed by atoms with van der Waals surface area (Å²) < 4.78 is 13.8. The third kappa shape index (κ3) is 3.08. The van der Waals surface area contributed by atoms with Gasteiger partial charge in [0.25, 0.3) is 0 Å². The zero-order chi connectivity index (χ0) is 9.84. The van der Waals surface area contributed by atoms with Crippen molar-refractivity contribution >= 4 is 33.8 Å². The molecule has 0 aromatic heterocycles. The van der Waals surface area contributed by atoms with Gasteiger partial charge in [0.2, 0.25) is 0 Å². The van der Waals surface area contributed by atoms with E-state index in [1.807, 2.05) is 0 Å². The molecule has 0 saturated heterocycles. The number of halogens is 3. The average Bonchev–Trinajstić information content (AvgIpc) is 2.09. The van der Waals surface area contributed by atoms with Crippen LogP contribution < -0.4 is 0 Å². The van der Waals surface area contributed by atoms with Crippen molar-refractivity contribution < 1.29 is 9.18 Å². The molecule has 4 heteroatoms. The Balaban J connectivity index is 2.83.